The molecule has 0 radical (unpaired) electrons. The maximum absolute atomic E-state index is 12.4. The zero-order valence-corrected chi connectivity index (χ0v) is 21.5. The Morgan fingerprint density at radius 3 is 1.82 bits per heavy atom. The van der Waals surface area contributed by atoms with Crippen molar-refractivity contribution in [1.82, 2.24) is 18.7 Å². The second kappa shape index (κ2) is 15.5. The number of hydrogen-bond acceptors (Lipinski definition) is 5. The van der Waals surface area contributed by atoms with Crippen molar-refractivity contribution in [3.63, 3.8) is 0 Å². The molecule has 34 heavy (non-hydrogen) atoms. The van der Waals surface area contributed by atoms with E-state index >= 15 is 0 Å². The van der Waals surface area contributed by atoms with Gasteiger partial charge < -0.3 is 4.74 Å². The largest absolute Gasteiger partial charge is 0.444 e. The van der Waals surface area contributed by atoms with Gasteiger partial charge in [0.2, 0.25) is 0 Å². The van der Waals surface area contributed by atoms with Crippen LogP contribution in [0, 0.1) is 0 Å². The highest BCUT2D eigenvalue weighted by atomic mass is 16.5. The lowest BCUT2D eigenvalue weighted by Gasteiger charge is -2.08. The number of ether oxygens (including phenoxy) is 1. The third-order valence-corrected chi connectivity index (χ3v) is 6.57. The summed E-state index contributed by atoms with van der Waals surface area (Å²) in [6.07, 6.45) is 21.1. The van der Waals surface area contributed by atoms with Crippen molar-refractivity contribution in [2.24, 2.45) is 14.1 Å². The predicted octanol–water partition coefficient (Wildman–Crippen LogP) is 5.20. The molecule has 0 unspecified atom stereocenters. The van der Waals surface area contributed by atoms with Crippen LogP contribution in [0.15, 0.2) is 15.9 Å². The molecule has 0 aliphatic heterocycles. The lowest BCUT2D eigenvalue weighted by molar-refractivity contribution is -0.147. The number of rotatable bonds is 18. The van der Waals surface area contributed by atoms with E-state index in [4.69, 9.17) is 4.74 Å². The van der Waals surface area contributed by atoms with E-state index in [1.807, 2.05) is 0 Å². The molecular formula is C26H44N4O4. The molecule has 0 fully saturated rings. The lowest BCUT2D eigenvalue weighted by atomic mass is 10.0. The smallest absolute Gasteiger partial charge is 0.332 e. The number of fused-ring (bicyclic) bond motifs is 1. The molecule has 0 bridgehead atoms. The summed E-state index contributed by atoms with van der Waals surface area (Å²) in [5.41, 5.74) is -0.349. The first-order valence-corrected chi connectivity index (χ1v) is 13.2. The fourth-order valence-electron chi connectivity index (χ4n) is 4.35. The predicted molar refractivity (Wildman–Crippen MR) is 136 cm³/mol. The molecule has 192 valence electrons. The van der Waals surface area contributed by atoms with Gasteiger partial charge >= 0.3 is 11.7 Å². The zero-order valence-electron chi connectivity index (χ0n) is 21.5. The highest BCUT2D eigenvalue weighted by molar-refractivity contribution is 5.71. The number of carbonyl (C=O) groups excluding carboxylic acids is 1. The summed E-state index contributed by atoms with van der Waals surface area (Å²) < 4.78 is 9.14. The second-order valence-electron chi connectivity index (χ2n) is 9.44. The molecule has 0 saturated heterocycles. The molecule has 2 heterocycles. The molecular weight excluding hydrogens is 432 g/mol. The maximum atomic E-state index is 12.4. The molecule has 2 aromatic rings. The van der Waals surface area contributed by atoms with Crippen molar-refractivity contribution in [1.29, 1.82) is 0 Å². The van der Waals surface area contributed by atoms with Gasteiger partial charge in [0, 0.05) is 20.5 Å². The van der Waals surface area contributed by atoms with E-state index in [0.29, 0.717) is 6.42 Å². The molecule has 0 aromatic carbocycles. The molecule has 8 heteroatoms. The Morgan fingerprint density at radius 2 is 1.29 bits per heavy atom. The van der Waals surface area contributed by atoms with Crippen LogP contribution in [0.5, 0.6) is 0 Å². The Morgan fingerprint density at radius 1 is 0.794 bits per heavy atom. The summed E-state index contributed by atoms with van der Waals surface area (Å²) in [5.74, 6) is -0.279. The number of hydrogen-bond donors (Lipinski definition) is 0. The standard InChI is InChI=1S/C26H44N4O4/c1-4-5-6-7-8-9-10-11-12-13-14-15-16-17-18-19-22(31)34-21-30-20-27-24-23(30)25(32)29(3)26(33)28(24)2/h20H,4-19,21H2,1-3H3. The Bertz CT molecular complexity index is 989. The van der Waals surface area contributed by atoms with Gasteiger partial charge in [-0.3, -0.25) is 23.3 Å². The Balaban J connectivity index is 1.51. The minimum atomic E-state index is -0.450. The molecule has 8 nitrogen and oxygen atoms in total. The van der Waals surface area contributed by atoms with Crippen LogP contribution in [0.2, 0.25) is 0 Å². The van der Waals surface area contributed by atoms with Crippen molar-refractivity contribution >= 4 is 17.1 Å². The van der Waals surface area contributed by atoms with E-state index in [1.165, 1.54) is 99.6 Å². The second-order valence-corrected chi connectivity index (χ2v) is 9.44. The molecule has 0 amide bonds. The summed E-state index contributed by atoms with van der Waals surface area (Å²) in [6, 6.07) is 0. The highest BCUT2D eigenvalue weighted by Crippen LogP contribution is 2.14. The van der Waals surface area contributed by atoms with Crippen molar-refractivity contribution in [2.75, 3.05) is 0 Å². The van der Waals surface area contributed by atoms with Gasteiger partial charge in [-0.1, -0.05) is 96.8 Å². The monoisotopic (exact) mass is 476 g/mol. The average Bonchev–Trinajstić information content (AvgIpc) is 3.26. The lowest BCUT2D eigenvalue weighted by Crippen LogP contribution is -2.37. The van der Waals surface area contributed by atoms with Gasteiger partial charge in [0.1, 0.15) is 6.33 Å². The number of imidazole rings is 1. The minimum absolute atomic E-state index is 0.0818. The Labute approximate surface area is 203 Å². The number of aryl methyl sites for hydroxylation is 1. The third-order valence-electron chi connectivity index (χ3n) is 6.57. The SMILES string of the molecule is CCCCCCCCCCCCCCCCCC(=O)OCn1cnc2c1c(=O)n(C)c(=O)n2C. The zero-order chi connectivity index (χ0) is 24.8. The van der Waals surface area contributed by atoms with E-state index < -0.39 is 11.2 Å². The van der Waals surface area contributed by atoms with Crippen LogP contribution in [0.4, 0.5) is 0 Å². The molecule has 2 rings (SSSR count). The van der Waals surface area contributed by atoms with Gasteiger partial charge in [0.15, 0.2) is 17.9 Å². The average molecular weight is 477 g/mol. The summed E-state index contributed by atoms with van der Waals surface area (Å²) in [5, 5.41) is 0. The Kier molecular flexibility index (Phi) is 12.7. The van der Waals surface area contributed by atoms with Gasteiger partial charge in [-0.05, 0) is 6.42 Å². The van der Waals surface area contributed by atoms with Gasteiger partial charge in [0.25, 0.3) is 5.56 Å². The van der Waals surface area contributed by atoms with Gasteiger partial charge in [-0.25, -0.2) is 9.78 Å². The van der Waals surface area contributed by atoms with Crippen LogP contribution in [0.3, 0.4) is 0 Å². The Hall–Kier alpha value is -2.38. The highest BCUT2D eigenvalue weighted by Gasteiger charge is 2.15. The van der Waals surface area contributed by atoms with Gasteiger partial charge in [-0.15, -0.1) is 0 Å². The van der Waals surface area contributed by atoms with Crippen molar-refractivity contribution in [2.45, 2.75) is 116 Å². The van der Waals surface area contributed by atoms with Crippen molar-refractivity contribution < 1.29 is 9.53 Å². The van der Waals surface area contributed by atoms with Crippen LogP contribution >= 0.6 is 0 Å². The van der Waals surface area contributed by atoms with Gasteiger partial charge in [-0.2, -0.15) is 0 Å². The quantitative estimate of drug-likeness (QED) is 0.218. The molecule has 2 aromatic heterocycles. The van der Waals surface area contributed by atoms with E-state index in [2.05, 4.69) is 11.9 Å². The molecule has 0 aliphatic carbocycles. The van der Waals surface area contributed by atoms with Crippen LogP contribution in [0.25, 0.3) is 11.2 Å². The molecule has 0 saturated carbocycles. The van der Waals surface area contributed by atoms with E-state index in [1.54, 1.807) is 7.05 Å². The first-order chi connectivity index (χ1) is 16.5. The van der Waals surface area contributed by atoms with Crippen molar-refractivity contribution in [3.8, 4) is 0 Å². The molecule has 0 aliphatic rings. The van der Waals surface area contributed by atoms with Crippen LogP contribution in [-0.4, -0.2) is 24.7 Å². The summed E-state index contributed by atoms with van der Waals surface area (Å²) in [4.78, 5) is 40.6. The third kappa shape index (κ3) is 8.76. The number of esters is 1. The maximum Gasteiger partial charge on any atom is 0.332 e. The van der Waals surface area contributed by atoms with E-state index in [0.717, 1.165) is 23.8 Å². The number of unbranched alkanes of at least 4 members (excludes halogenated alkanes) is 14. The molecule has 0 N–H and O–H groups in total. The van der Waals surface area contributed by atoms with E-state index in [-0.39, 0.29) is 23.9 Å². The normalized spacial score (nSPS) is 11.4. The van der Waals surface area contributed by atoms with Crippen LogP contribution < -0.4 is 11.2 Å². The summed E-state index contributed by atoms with van der Waals surface area (Å²) in [7, 11) is 2.98. The molecule has 0 atom stereocenters. The fourth-order valence-corrected chi connectivity index (χ4v) is 4.35. The van der Waals surface area contributed by atoms with Crippen LogP contribution in [-0.2, 0) is 30.4 Å². The number of carbonyl (C=O) groups is 1. The van der Waals surface area contributed by atoms with Crippen LogP contribution in [0.1, 0.15) is 110 Å². The molecule has 0 spiro atoms. The first kappa shape index (κ1) is 27.9. The van der Waals surface area contributed by atoms with Gasteiger partial charge in [0.05, 0.1) is 0 Å². The number of aromatic nitrogens is 4. The van der Waals surface area contributed by atoms with Crippen molar-refractivity contribution in [3.05, 3.63) is 27.2 Å². The van der Waals surface area contributed by atoms with E-state index in [9.17, 15) is 14.4 Å². The number of nitrogens with zero attached hydrogens (tertiary/aromatic N) is 4. The fraction of sp³-hybridized carbons (Fsp3) is 0.769. The first-order valence-electron chi connectivity index (χ1n) is 13.2. The summed E-state index contributed by atoms with van der Waals surface area (Å²) >= 11 is 0. The minimum Gasteiger partial charge on any atom is -0.444 e. The topological polar surface area (TPSA) is 88.1 Å². The summed E-state index contributed by atoms with van der Waals surface area (Å²) in [6.45, 7) is 2.18.